The smallest absolute Gasteiger partial charge is 0.430 e. The van der Waals surface area contributed by atoms with Gasteiger partial charge in [0.25, 0.3) is 18.1 Å². The van der Waals surface area contributed by atoms with Crippen LogP contribution in [0.1, 0.15) is 77.0 Å². The van der Waals surface area contributed by atoms with Crippen molar-refractivity contribution in [1.29, 1.82) is 5.26 Å². The van der Waals surface area contributed by atoms with Gasteiger partial charge >= 0.3 is 29.4 Å². The van der Waals surface area contributed by atoms with Crippen molar-refractivity contribution < 1.29 is 42.9 Å². The second-order valence-corrected chi connectivity index (χ2v) is 11.4. The number of ether oxygens (including phenoxy) is 5. The molecule has 1 aromatic rings. The highest BCUT2D eigenvalue weighted by atomic mass is 16.8. The lowest BCUT2D eigenvalue weighted by atomic mass is 10.2. The lowest BCUT2D eigenvalue weighted by Gasteiger charge is -2.14. The van der Waals surface area contributed by atoms with Gasteiger partial charge in [0.05, 0.1) is 0 Å². The van der Waals surface area contributed by atoms with Crippen molar-refractivity contribution in [2.75, 3.05) is 32.9 Å². The van der Waals surface area contributed by atoms with Crippen LogP contribution in [0.4, 0.5) is 9.59 Å². The molecule has 18 nitrogen and oxygen atoms in total. The number of hydrogen-bond donors (Lipinski definition) is 2. The predicted octanol–water partition coefficient (Wildman–Crippen LogP) is 0.654. The largest absolute Gasteiger partial charge is 0.509 e. The average Bonchev–Trinajstić information content (AvgIpc) is 3.71. The molecule has 266 valence electrons. The number of aromatic nitrogens is 3. The minimum absolute atomic E-state index is 0.117. The molecule has 1 aromatic heterocycles. The Bertz CT molecular complexity index is 1370. The number of unbranched alkanes of at least 4 members (excludes halogenated alkanes) is 9. The van der Waals surface area contributed by atoms with E-state index in [1.807, 2.05) is 0 Å². The highest BCUT2D eigenvalue weighted by molar-refractivity contribution is 5.84. The van der Waals surface area contributed by atoms with Gasteiger partial charge in [0.15, 0.2) is 0 Å². The summed E-state index contributed by atoms with van der Waals surface area (Å²) >= 11 is 0. The Balaban J connectivity index is 1.49. The van der Waals surface area contributed by atoms with Crippen LogP contribution in [-0.4, -0.2) is 82.9 Å². The second kappa shape index (κ2) is 20.4. The molecule has 0 saturated carbocycles. The van der Waals surface area contributed by atoms with E-state index in [0.29, 0.717) is 90.3 Å². The van der Waals surface area contributed by atoms with Gasteiger partial charge in [-0.15, -0.1) is 0 Å². The van der Waals surface area contributed by atoms with Crippen molar-refractivity contribution in [2.24, 2.45) is 0 Å². The van der Waals surface area contributed by atoms with Crippen LogP contribution in [0.15, 0.2) is 14.4 Å². The molecule has 48 heavy (non-hydrogen) atoms. The van der Waals surface area contributed by atoms with Crippen molar-refractivity contribution in [3.63, 3.8) is 0 Å². The third kappa shape index (κ3) is 12.1. The summed E-state index contributed by atoms with van der Waals surface area (Å²) in [5.41, 5.74) is -1.96. The van der Waals surface area contributed by atoms with Crippen molar-refractivity contribution in [1.82, 2.24) is 24.3 Å². The second-order valence-electron chi connectivity index (χ2n) is 11.4. The molecular formula is C30H44N6O12. The summed E-state index contributed by atoms with van der Waals surface area (Å²) in [5.74, 6) is -0.859. The Morgan fingerprint density at radius 3 is 1.35 bits per heavy atom. The molecule has 3 rings (SSSR count). The van der Waals surface area contributed by atoms with Gasteiger partial charge in [-0.3, -0.25) is 9.59 Å². The zero-order valence-corrected chi connectivity index (χ0v) is 27.0. The quantitative estimate of drug-likeness (QED) is 0.0920. The highest BCUT2D eigenvalue weighted by Crippen LogP contribution is 2.08. The lowest BCUT2D eigenvalue weighted by molar-refractivity contribution is -0.128. The first-order valence-corrected chi connectivity index (χ1v) is 16.4. The molecule has 0 aromatic carbocycles. The van der Waals surface area contributed by atoms with Gasteiger partial charge in [-0.25, -0.2) is 37.7 Å². The molecule has 0 spiro atoms. The van der Waals surface area contributed by atoms with Crippen molar-refractivity contribution in [3.8, 4) is 6.26 Å². The van der Waals surface area contributed by atoms with Crippen LogP contribution < -0.4 is 27.7 Å². The van der Waals surface area contributed by atoms with E-state index >= 15 is 0 Å². The molecule has 18 heteroatoms. The van der Waals surface area contributed by atoms with Crippen LogP contribution in [-0.2, 0) is 52.9 Å². The maximum absolute atomic E-state index is 13.3. The number of rotatable bonds is 23. The summed E-state index contributed by atoms with van der Waals surface area (Å²) in [5, 5.41) is 13.8. The normalized spacial score (nSPS) is 16.7. The Morgan fingerprint density at radius 1 is 0.625 bits per heavy atom. The van der Waals surface area contributed by atoms with Crippen LogP contribution in [0.5, 0.6) is 0 Å². The van der Waals surface area contributed by atoms with E-state index in [1.165, 1.54) is 0 Å². The van der Waals surface area contributed by atoms with Gasteiger partial charge in [-0.05, 0) is 44.9 Å². The summed E-state index contributed by atoms with van der Waals surface area (Å²) < 4.78 is 26.7. The number of nitrogens with one attached hydrogen (secondary N) is 2. The van der Waals surface area contributed by atoms with Crippen LogP contribution in [0.25, 0.3) is 0 Å². The van der Waals surface area contributed by atoms with E-state index in [1.54, 1.807) is 6.26 Å². The Morgan fingerprint density at radius 2 is 1.00 bits per heavy atom. The van der Waals surface area contributed by atoms with Gasteiger partial charge in [0.2, 0.25) is 12.2 Å². The van der Waals surface area contributed by atoms with Crippen LogP contribution in [0.3, 0.4) is 0 Å². The van der Waals surface area contributed by atoms with Gasteiger partial charge in [-0.1, -0.05) is 32.1 Å². The maximum atomic E-state index is 13.3. The number of carbonyl (C=O) groups excluding carboxylic acids is 4. The lowest BCUT2D eigenvalue weighted by Crippen LogP contribution is -2.54. The summed E-state index contributed by atoms with van der Waals surface area (Å²) in [6, 6.07) is 0. The highest BCUT2D eigenvalue weighted by Gasteiger charge is 2.32. The van der Waals surface area contributed by atoms with E-state index in [9.17, 15) is 33.6 Å². The molecular weight excluding hydrogens is 636 g/mol. The predicted molar refractivity (Wildman–Crippen MR) is 165 cm³/mol. The van der Waals surface area contributed by atoms with Crippen LogP contribution >= 0.6 is 0 Å². The Labute approximate surface area is 276 Å². The van der Waals surface area contributed by atoms with Crippen LogP contribution in [0.2, 0.25) is 0 Å². The molecule has 2 atom stereocenters. The monoisotopic (exact) mass is 680 g/mol. The zero-order valence-electron chi connectivity index (χ0n) is 27.0. The Kier molecular flexibility index (Phi) is 16.0. The van der Waals surface area contributed by atoms with Gasteiger partial charge in [-0.2, -0.15) is 5.26 Å². The van der Waals surface area contributed by atoms with E-state index < -0.39 is 53.4 Å². The maximum Gasteiger partial charge on any atom is 0.509 e. The Hall–Kier alpha value is -4.82. The van der Waals surface area contributed by atoms with Gasteiger partial charge < -0.3 is 34.3 Å². The molecule has 0 bridgehead atoms. The van der Waals surface area contributed by atoms with E-state index in [2.05, 4.69) is 24.8 Å². The van der Waals surface area contributed by atoms with Crippen molar-refractivity contribution in [2.45, 2.75) is 109 Å². The third-order valence-electron chi connectivity index (χ3n) is 7.81. The van der Waals surface area contributed by atoms with Gasteiger partial charge in [0.1, 0.15) is 19.8 Å². The molecule has 2 fully saturated rings. The fourth-order valence-electron chi connectivity index (χ4n) is 5.16. The average molecular weight is 681 g/mol. The summed E-state index contributed by atoms with van der Waals surface area (Å²) in [6.45, 7) is 1.22. The molecule has 0 radical (unpaired) electrons. The fourth-order valence-corrected chi connectivity index (χ4v) is 5.16. The van der Waals surface area contributed by atoms with Gasteiger partial charge in [0, 0.05) is 32.7 Å². The van der Waals surface area contributed by atoms with E-state index in [0.717, 1.165) is 20.1 Å². The SMILES string of the molecule is N#COCCCCCCn1c(=O)n(CCCCCCNC(=O)C2COC(=O)O2)c(=O)n(CCCCCCNC(=O)C2COC(=O)O2)c1=O. The first kappa shape index (κ1) is 37.6. The zero-order chi connectivity index (χ0) is 34.7. The van der Waals surface area contributed by atoms with E-state index in [4.69, 9.17) is 14.7 Å². The van der Waals surface area contributed by atoms with Crippen molar-refractivity contribution in [3.05, 3.63) is 31.5 Å². The first-order chi connectivity index (χ1) is 23.2. The molecule has 0 aliphatic carbocycles. The molecule has 2 aliphatic heterocycles. The molecule has 2 unspecified atom stereocenters. The fraction of sp³-hybridized carbons (Fsp3) is 0.733. The van der Waals surface area contributed by atoms with Crippen LogP contribution in [0, 0.1) is 11.5 Å². The molecule has 2 saturated heterocycles. The number of cyclic esters (lactones) is 4. The van der Waals surface area contributed by atoms with E-state index in [-0.39, 0.29) is 32.8 Å². The molecule has 2 aliphatic rings. The topological polar surface area (TPSA) is 228 Å². The summed E-state index contributed by atoms with van der Waals surface area (Å²) in [7, 11) is 0. The standard InChI is InChI=1S/C30H44N6O12/c31-21-44-18-12-6-5-11-17-36-27(40)34(15-9-3-1-7-13-32-24(37)22-19-45-29(42)47-22)26(39)35(28(36)41)16-10-4-2-8-14-33-25(38)23-20-46-30(43)48-23/h22-23H,1-20H2,(H,32,37)(H,33,38). The number of amides is 2. The minimum Gasteiger partial charge on any atom is -0.430 e. The minimum atomic E-state index is -0.950. The molecule has 2 N–H and O–H groups in total. The molecule has 3 heterocycles. The number of nitriles is 1. The summed E-state index contributed by atoms with van der Waals surface area (Å²) in [6.07, 6.45) is 5.68. The summed E-state index contributed by atoms with van der Waals surface area (Å²) in [4.78, 5) is 85.8. The first-order valence-electron chi connectivity index (χ1n) is 16.4. The number of hydrogen-bond acceptors (Lipinski definition) is 13. The third-order valence-corrected chi connectivity index (χ3v) is 7.81. The molecule has 2 amide bonds. The number of carbonyl (C=O) groups is 4. The van der Waals surface area contributed by atoms with Crippen molar-refractivity contribution >= 4 is 24.1 Å². The number of nitrogens with zero attached hydrogens (tertiary/aromatic N) is 4.